The van der Waals surface area contributed by atoms with Crippen molar-refractivity contribution in [3.05, 3.63) is 41.6 Å². The zero-order valence-electron chi connectivity index (χ0n) is 13.4. The molecule has 0 radical (unpaired) electrons. The van der Waals surface area contributed by atoms with Crippen molar-refractivity contribution < 1.29 is 4.74 Å². The van der Waals surface area contributed by atoms with Crippen LogP contribution >= 0.6 is 0 Å². The molecule has 0 unspecified atom stereocenters. The van der Waals surface area contributed by atoms with E-state index in [4.69, 9.17) is 4.74 Å². The monoisotopic (exact) mass is 286 g/mol. The molecule has 1 aromatic carbocycles. The number of fused-ring (bicyclic) bond motifs is 1. The van der Waals surface area contributed by atoms with Gasteiger partial charge in [-0.1, -0.05) is 26.0 Å². The molecule has 3 heteroatoms. The zero-order chi connectivity index (χ0) is 15.1. The Bertz CT molecular complexity index is 566. The summed E-state index contributed by atoms with van der Waals surface area (Å²) in [5.74, 6) is 0.716. The van der Waals surface area contributed by atoms with E-state index in [-0.39, 0.29) is 0 Å². The Hall–Kier alpha value is -1.45. The number of aryl methyl sites for hydroxylation is 1. The first-order valence-corrected chi connectivity index (χ1v) is 7.80. The fourth-order valence-corrected chi connectivity index (χ4v) is 2.19. The molecular weight excluding hydrogens is 260 g/mol. The van der Waals surface area contributed by atoms with Crippen molar-refractivity contribution in [1.29, 1.82) is 0 Å². The van der Waals surface area contributed by atoms with Gasteiger partial charge < -0.3 is 10.1 Å². The van der Waals surface area contributed by atoms with E-state index in [1.807, 2.05) is 6.92 Å². The highest BCUT2D eigenvalue weighted by atomic mass is 16.5. The van der Waals surface area contributed by atoms with Crippen molar-refractivity contribution in [2.24, 2.45) is 5.92 Å². The SMILES string of the molecule is Cc1ccc2cc(CNCCOCCC(C)C)ccc2n1. The van der Waals surface area contributed by atoms with Gasteiger partial charge >= 0.3 is 0 Å². The van der Waals surface area contributed by atoms with Crippen LogP contribution in [0.1, 0.15) is 31.5 Å². The summed E-state index contributed by atoms with van der Waals surface area (Å²) in [5.41, 5.74) is 3.41. The largest absolute Gasteiger partial charge is 0.380 e. The Morgan fingerprint density at radius 1 is 1.14 bits per heavy atom. The van der Waals surface area contributed by atoms with Crippen molar-refractivity contribution in [3.63, 3.8) is 0 Å². The van der Waals surface area contributed by atoms with E-state index in [9.17, 15) is 0 Å². The molecule has 0 bridgehead atoms. The van der Waals surface area contributed by atoms with Gasteiger partial charge in [-0.15, -0.1) is 0 Å². The number of aromatic nitrogens is 1. The Morgan fingerprint density at radius 3 is 2.81 bits per heavy atom. The van der Waals surface area contributed by atoms with Crippen molar-refractivity contribution in [2.75, 3.05) is 19.8 Å². The number of pyridine rings is 1. The normalized spacial score (nSPS) is 11.4. The number of ether oxygens (including phenoxy) is 1. The van der Waals surface area contributed by atoms with Crippen LogP contribution in [-0.2, 0) is 11.3 Å². The quantitative estimate of drug-likeness (QED) is 0.751. The van der Waals surface area contributed by atoms with Crippen LogP contribution < -0.4 is 5.32 Å². The third kappa shape index (κ3) is 5.44. The Balaban J connectivity index is 1.72. The predicted molar refractivity (Wildman–Crippen MR) is 88.5 cm³/mol. The van der Waals surface area contributed by atoms with Crippen LogP contribution in [0.15, 0.2) is 30.3 Å². The van der Waals surface area contributed by atoms with Crippen LogP contribution in [0.2, 0.25) is 0 Å². The first-order valence-electron chi connectivity index (χ1n) is 7.80. The Morgan fingerprint density at radius 2 is 2.00 bits per heavy atom. The van der Waals surface area contributed by atoms with Crippen LogP contribution in [0.25, 0.3) is 10.9 Å². The molecule has 0 atom stereocenters. The van der Waals surface area contributed by atoms with Gasteiger partial charge in [0.1, 0.15) is 0 Å². The van der Waals surface area contributed by atoms with Gasteiger partial charge in [-0.3, -0.25) is 4.98 Å². The van der Waals surface area contributed by atoms with Crippen LogP contribution in [0.3, 0.4) is 0 Å². The van der Waals surface area contributed by atoms with Crippen molar-refractivity contribution in [1.82, 2.24) is 10.3 Å². The summed E-state index contributed by atoms with van der Waals surface area (Å²) >= 11 is 0. The number of hydrogen-bond donors (Lipinski definition) is 1. The molecule has 1 aromatic heterocycles. The van der Waals surface area contributed by atoms with Crippen LogP contribution in [0.4, 0.5) is 0 Å². The zero-order valence-corrected chi connectivity index (χ0v) is 13.4. The van der Waals surface area contributed by atoms with E-state index in [0.717, 1.165) is 43.9 Å². The highest BCUT2D eigenvalue weighted by Gasteiger charge is 1.99. The molecule has 0 saturated carbocycles. The van der Waals surface area contributed by atoms with E-state index in [2.05, 4.69) is 54.5 Å². The molecule has 0 saturated heterocycles. The highest BCUT2D eigenvalue weighted by molar-refractivity contribution is 5.79. The van der Waals surface area contributed by atoms with E-state index in [0.29, 0.717) is 5.92 Å². The molecule has 2 aromatic rings. The number of benzene rings is 1. The molecule has 1 N–H and O–H groups in total. The Labute approximate surface area is 127 Å². The van der Waals surface area contributed by atoms with E-state index >= 15 is 0 Å². The van der Waals surface area contributed by atoms with Gasteiger partial charge in [0.25, 0.3) is 0 Å². The molecule has 0 spiro atoms. The van der Waals surface area contributed by atoms with E-state index in [1.54, 1.807) is 0 Å². The second-order valence-corrected chi connectivity index (χ2v) is 5.95. The lowest BCUT2D eigenvalue weighted by atomic mass is 10.1. The standard InChI is InChI=1S/C18H26N2O/c1-14(2)8-10-21-11-9-19-13-16-5-7-18-17(12-16)6-4-15(3)20-18/h4-7,12,14,19H,8-11,13H2,1-3H3. The van der Waals surface area contributed by atoms with Gasteiger partial charge in [-0.05, 0) is 43.0 Å². The maximum absolute atomic E-state index is 5.59. The summed E-state index contributed by atoms with van der Waals surface area (Å²) < 4.78 is 5.59. The lowest BCUT2D eigenvalue weighted by molar-refractivity contribution is 0.125. The lowest BCUT2D eigenvalue weighted by Gasteiger charge is -2.08. The van der Waals surface area contributed by atoms with Gasteiger partial charge in [-0.25, -0.2) is 0 Å². The van der Waals surface area contributed by atoms with Crippen molar-refractivity contribution in [3.8, 4) is 0 Å². The highest BCUT2D eigenvalue weighted by Crippen LogP contribution is 2.14. The van der Waals surface area contributed by atoms with Gasteiger partial charge in [0.05, 0.1) is 12.1 Å². The minimum atomic E-state index is 0.716. The summed E-state index contributed by atoms with van der Waals surface area (Å²) in [5, 5.41) is 4.62. The van der Waals surface area contributed by atoms with Crippen LogP contribution in [0, 0.1) is 12.8 Å². The number of nitrogens with zero attached hydrogens (tertiary/aromatic N) is 1. The summed E-state index contributed by atoms with van der Waals surface area (Å²) in [7, 11) is 0. The van der Waals surface area contributed by atoms with Gasteiger partial charge in [0.15, 0.2) is 0 Å². The molecule has 114 valence electrons. The fourth-order valence-electron chi connectivity index (χ4n) is 2.19. The maximum Gasteiger partial charge on any atom is 0.0705 e. The van der Waals surface area contributed by atoms with Gasteiger partial charge in [-0.2, -0.15) is 0 Å². The summed E-state index contributed by atoms with van der Waals surface area (Å²) in [6.45, 7) is 9.87. The average molecular weight is 286 g/mol. The third-order valence-electron chi connectivity index (χ3n) is 3.48. The summed E-state index contributed by atoms with van der Waals surface area (Å²) in [4.78, 5) is 4.52. The smallest absolute Gasteiger partial charge is 0.0705 e. The molecule has 0 amide bonds. The molecule has 0 aliphatic carbocycles. The molecule has 3 nitrogen and oxygen atoms in total. The predicted octanol–water partition coefficient (Wildman–Crippen LogP) is 3.70. The topological polar surface area (TPSA) is 34.1 Å². The average Bonchev–Trinajstić information content (AvgIpc) is 2.46. The Kier molecular flexibility index (Phi) is 6.15. The van der Waals surface area contributed by atoms with E-state index in [1.165, 1.54) is 10.9 Å². The molecule has 1 heterocycles. The molecule has 2 rings (SSSR count). The van der Waals surface area contributed by atoms with Crippen molar-refractivity contribution in [2.45, 2.75) is 33.7 Å². The number of nitrogens with one attached hydrogen (secondary N) is 1. The lowest BCUT2D eigenvalue weighted by Crippen LogP contribution is -2.19. The first kappa shape index (κ1) is 15.9. The fraction of sp³-hybridized carbons (Fsp3) is 0.500. The molecule has 21 heavy (non-hydrogen) atoms. The summed E-state index contributed by atoms with van der Waals surface area (Å²) in [6.07, 6.45) is 1.14. The molecule has 0 aliphatic rings. The second kappa shape index (κ2) is 8.11. The van der Waals surface area contributed by atoms with Crippen molar-refractivity contribution >= 4 is 10.9 Å². The molecule has 0 fully saturated rings. The van der Waals surface area contributed by atoms with E-state index < -0.39 is 0 Å². The molecule has 0 aliphatic heterocycles. The minimum absolute atomic E-state index is 0.716. The number of rotatable bonds is 8. The maximum atomic E-state index is 5.59. The first-order chi connectivity index (χ1) is 10.1. The third-order valence-corrected chi connectivity index (χ3v) is 3.48. The van der Waals surface area contributed by atoms with Gasteiger partial charge in [0, 0.05) is 30.8 Å². The summed E-state index contributed by atoms with van der Waals surface area (Å²) in [6, 6.07) is 10.6. The molecular formula is C18H26N2O. The minimum Gasteiger partial charge on any atom is -0.380 e. The van der Waals surface area contributed by atoms with Crippen LogP contribution in [0.5, 0.6) is 0 Å². The van der Waals surface area contributed by atoms with Gasteiger partial charge in [0.2, 0.25) is 0 Å². The second-order valence-electron chi connectivity index (χ2n) is 5.95. The number of hydrogen-bond acceptors (Lipinski definition) is 3. The van der Waals surface area contributed by atoms with Crippen LogP contribution in [-0.4, -0.2) is 24.7 Å².